The van der Waals surface area contributed by atoms with Gasteiger partial charge in [-0.1, -0.05) is 0 Å². The molecule has 0 heterocycles. The average molecular weight is 182 g/mol. The van der Waals surface area contributed by atoms with Gasteiger partial charge in [-0.15, -0.1) is 0 Å². The van der Waals surface area contributed by atoms with E-state index in [2.05, 4.69) is 0 Å². The maximum absolute atomic E-state index is 8.61. The third-order valence-electron chi connectivity index (χ3n) is 0.825. The smallest absolute Gasteiger partial charge is 0.100 e. The SMILES string of the molecule is CCOCC(O)CO.OCCO. The second kappa shape index (κ2) is 13.4. The normalized spacial score (nSPS) is 11.8. The fourth-order valence-electron chi connectivity index (χ4n) is 0.307. The summed E-state index contributed by atoms with van der Waals surface area (Å²) in [5, 5.41) is 32.1. The molecule has 0 spiro atoms. The van der Waals surface area contributed by atoms with Gasteiger partial charge in [-0.3, -0.25) is 0 Å². The lowest BCUT2D eigenvalue weighted by atomic mass is 10.4. The van der Waals surface area contributed by atoms with Crippen molar-refractivity contribution in [2.75, 3.05) is 33.0 Å². The van der Waals surface area contributed by atoms with Crippen molar-refractivity contribution in [1.82, 2.24) is 0 Å². The van der Waals surface area contributed by atoms with Crippen LogP contribution in [0.5, 0.6) is 0 Å². The van der Waals surface area contributed by atoms with E-state index in [0.717, 1.165) is 0 Å². The van der Waals surface area contributed by atoms with Crippen LogP contribution in [0.15, 0.2) is 0 Å². The predicted octanol–water partition coefficient (Wildman–Crippen LogP) is -1.65. The first-order chi connectivity index (χ1) is 5.72. The van der Waals surface area contributed by atoms with Gasteiger partial charge in [-0.2, -0.15) is 0 Å². The average Bonchev–Trinajstić information content (AvgIpc) is 2.14. The second-order valence-corrected chi connectivity index (χ2v) is 1.94. The van der Waals surface area contributed by atoms with Gasteiger partial charge in [-0.25, -0.2) is 0 Å². The Hall–Kier alpha value is -0.200. The molecule has 5 nitrogen and oxygen atoms in total. The molecule has 0 amide bonds. The maximum Gasteiger partial charge on any atom is 0.100 e. The van der Waals surface area contributed by atoms with Crippen molar-refractivity contribution in [2.45, 2.75) is 13.0 Å². The Bertz CT molecular complexity index is 66.8. The van der Waals surface area contributed by atoms with Gasteiger partial charge in [0.1, 0.15) is 6.10 Å². The van der Waals surface area contributed by atoms with Crippen LogP contribution >= 0.6 is 0 Å². The minimum atomic E-state index is -0.713. The Morgan fingerprint density at radius 2 is 1.67 bits per heavy atom. The predicted molar refractivity (Wildman–Crippen MR) is 43.8 cm³/mol. The van der Waals surface area contributed by atoms with E-state index >= 15 is 0 Å². The molecule has 1 unspecified atom stereocenters. The molecule has 0 saturated heterocycles. The number of aliphatic hydroxyl groups excluding tert-OH is 4. The fraction of sp³-hybridized carbons (Fsp3) is 1.00. The molecular formula is C7H18O5. The van der Waals surface area contributed by atoms with Crippen molar-refractivity contribution in [2.24, 2.45) is 0 Å². The van der Waals surface area contributed by atoms with Gasteiger partial charge in [0.2, 0.25) is 0 Å². The van der Waals surface area contributed by atoms with Gasteiger partial charge >= 0.3 is 0 Å². The molecule has 0 rings (SSSR count). The van der Waals surface area contributed by atoms with E-state index in [1.54, 1.807) is 0 Å². The largest absolute Gasteiger partial charge is 0.394 e. The summed E-state index contributed by atoms with van der Waals surface area (Å²) in [6.45, 7) is 2.17. The number of hydrogen-bond donors (Lipinski definition) is 4. The van der Waals surface area contributed by atoms with Crippen molar-refractivity contribution < 1.29 is 25.2 Å². The zero-order valence-electron chi connectivity index (χ0n) is 7.31. The van der Waals surface area contributed by atoms with Crippen LogP contribution in [0.4, 0.5) is 0 Å². The molecule has 4 N–H and O–H groups in total. The molecule has 76 valence electrons. The van der Waals surface area contributed by atoms with Crippen LogP contribution in [0.25, 0.3) is 0 Å². The molecule has 0 bridgehead atoms. The number of ether oxygens (including phenoxy) is 1. The van der Waals surface area contributed by atoms with E-state index in [9.17, 15) is 0 Å². The Kier molecular flexibility index (Phi) is 16.0. The molecule has 0 radical (unpaired) electrons. The molecule has 0 aromatic heterocycles. The van der Waals surface area contributed by atoms with Crippen LogP contribution in [0, 0.1) is 0 Å². The molecule has 0 fully saturated rings. The quantitative estimate of drug-likeness (QED) is 0.409. The Labute approximate surface area is 72.2 Å². The molecule has 5 heteroatoms. The van der Waals surface area contributed by atoms with Gasteiger partial charge in [0, 0.05) is 6.61 Å². The zero-order chi connectivity index (χ0) is 9.82. The monoisotopic (exact) mass is 182 g/mol. The van der Waals surface area contributed by atoms with Crippen molar-refractivity contribution in [3.8, 4) is 0 Å². The Morgan fingerprint density at radius 3 is 1.92 bits per heavy atom. The highest BCUT2D eigenvalue weighted by molar-refractivity contribution is 4.47. The van der Waals surface area contributed by atoms with Gasteiger partial charge in [0.05, 0.1) is 26.4 Å². The van der Waals surface area contributed by atoms with Crippen LogP contribution < -0.4 is 0 Å². The van der Waals surface area contributed by atoms with E-state index in [4.69, 9.17) is 25.2 Å². The first kappa shape index (κ1) is 14.3. The number of aliphatic hydroxyl groups is 4. The lowest BCUT2D eigenvalue weighted by Gasteiger charge is -2.04. The fourth-order valence-corrected chi connectivity index (χ4v) is 0.307. The first-order valence-electron chi connectivity index (χ1n) is 3.81. The molecule has 0 aliphatic heterocycles. The molecule has 0 aliphatic rings. The lowest BCUT2D eigenvalue weighted by molar-refractivity contribution is 0.0104. The van der Waals surface area contributed by atoms with Crippen LogP contribution in [-0.2, 0) is 4.74 Å². The topological polar surface area (TPSA) is 90.2 Å². The van der Waals surface area contributed by atoms with Gasteiger partial charge in [0.25, 0.3) is 0 Å². The van der Waals surface area contributed by atoms with Crippen LogP contribution in [0.2, 0.25) is 0 Å². The van der Waals surface area contributed by atoms with E-state index in [-0.39, 0.29) is 26.4 Å². The number of hydrogen-bond acceptors (Lipinski definition) is 5. The van der Waals surface area contributed by atoms with Crippen molar-refractivity contribution in [3.63, 3.8) is 0 Å². The summed E-state index contributed by atoms with van der Waals surface area (Å²) in [5.74, 6) is 0. The summed E-state index contributed by atoms with van der Waals surface area (Å²) in [6.07, 6.45) is -0.713. The van der Waals surface area contributed by atoms with Crippen LogP contribution in [0.3, 0.4) is 0 Å². The summed E-state index contributed by atoms with van der Waals surface area (Å²) < 4.78 is 4.78. The molecule has 0 aliphatic carbocycles. The van der Waals surface area contributed by atoms with E-state index < -0.39 is 6.10 Å². The molecule has 1 atom stereocenters. The minimum Gasteiger partial charge on any atom is -0.394 e. The summed E-state index contributed by atoms with van der Waals surface area (Å²) in [7, 11) is 0. The molecule has 0 aromatic carbocycles. The summed E-state index contributed by atoms with van der Waals surface area (Å²) in [6, 6.07) is 0. The summed E-state index contributed by atoms with van der Waals surface area (Å²) >= 11 is 0. The Balaban J connectivity index is 0. The highest BCUT2D eigenvalue weighted by Crippen LogP contribution is 1.81. The lowest BCUT2D eigenvalue weighted by Crippen LogP contribution is -2.19. The highest BCUT2D eigenvalue weighted by atomic mass is 16.5. The maximum atomic E-state index is 8.61. The summed E-state index contributed by atoms with van der Waals surface area (Å²) in [4.78, 5) is 0. The van der Waals surface area contributed by atoms with Crippen molar-refractivity contribution in [1.29, 1.82) is 0 Å². The third kappa shape index (κ3) is 16.4. The first-order valence-corrected chi connectivity index (χ1v) is 3.81. The number of rotatable bonds is 5. The van der Waals surface area contributed by atoms with E-state index in [1.165, 1.54) is 0 Å². The Morgan fingerprint density at radius 1 is 1.17 bits per heavy atom. The molecular weight excluding hydrogens is 164 g/mol. The van der Waals surface area contributed by atoms with Gasteiger partial charge in [0.15, 0.2) is 0 Å². The molecule has 0 saturated carbocycles. The van der Waals surface area contributed by atoms with Crippen LogP contribution in [0.1, 0.15) is 6.92 Å². The van der Waals surface area contributed by atoms with Gasteiger partial charge in [-0.05, 0) is 6.92 Å². The highest BCUT2D eigenvalue weighted by Gasteiger charge is 1.98. The third-order valence-corrected chi connectivity index (χ3v) is 0.825. The molecule has 0 aromatic rings. The van der Waals surface area contributed by atoms with E-state index in [1.807, 2.05) is 6.92 Å². The zero-order valence-corrected chi connectivity index (χ0v) is 7.31. The van der Waals surface area contributed by atoms with Crippen molar-refractivity contribution in [3.05, 3.63) is 0 Å². The second-order valence-electron chi connectivity index (χ2n) is 1.94. The summed E-state index contributed by atoms with van der Waals surface area (Å²) in [5.41, 5.74) is 0. The van der Waals surface area contributed by atoms with Gasteiger partial charge < -0.3 is 25.2 Å². The minimum absolute atomic E-state index is 0.125. The standard InChI is InChI=1S/C5H12O3.C2H6O2/c1-2-8-4-5(7)3-6;3-1-2-4/h5-7H,2-4H2,1H3;3-4H,1-2H2. The van der Waals surface area contributed by atoms with Crippen molar-refractivity contribution >= 4 is 0 Å². The van der Waals surface area contributed by atoms with E-state index in [0.29, 0.717) is 6.61 Å². The molecule has 12 heavy (non-hydrogen) atoms. The van der Waals surface area contributed by atoms with Crippen LogP contribution in [-0.4, -0.2) is 59.6 Å².